The number of halogens is 2. The number of rotatable bonds is 6. The molecular formula is C22H29F2N3O5S. The van der Waals surface area contributed by atoms with Crippen molar-refractivity contribution < 1.29 is 31.2 Å². The smallest absolute Gasteiger partial charge is 0.324 e. The summed E-state index contributed by atoms with van der Waals surface area (Å²) in [5, 5.41) is 4.03. The first kappa shape index (κ1) is 24.0. The molecular weight excluding hydrogens is 456 g/mol. The first-order valence-electron chi connectivity index (χ1n) is 11.1. The Hall–Kier alpha value is -2.11. The van der Waals surface area contributed by atoms with Crippen LogP contribution in [0.3, 0.4) is 0 Å². The third-order valence-corrected chi connectivity index (χ3v) is 7.26. The average Bonchev–Trinajstić information content (AvgIpc) is 3.24. The molecule has 0 aliphatic carbocycles. The highest BCUT2D eigenvalue weighted by molar-refractivity contribution is 7.90. The maximum absolute atomic E-state index is 14.2. The SMILES string of the molecule is CC(C)c1noc(N2CCC(C[C@H]3CO[C@H](c4cc(F)c(S(C)(=O)=O)c(F)c4)OC3)CC2)n1. The fourth-order valence-electron chi connectivity index (χ4n) is 4.36. The molecule has 0 saturated carbocycles. The Kier molecular flexibility index (Phi) is 7.01. The zero-order valence-electron chi connectivity index (χ0n) is 19.0. The highest BCUT2D eigenvalue weighted by Crippen LogP contribution is 2.33. The van der Waals surface area contributed by atoms with Crippen molar-refractivity contribution >= 4 is 15.9 Å². The molecule has 4 rings (SSSR count). The molecule has 0 unspecified atom stereocenters. The molecule has 1 aromatic heterocycles. The number of nitrogens with zero attached hydrogens (tertiary/aromatic N) is 3. The molecule has 2 fully saturated rings. The van der Waals surface area contributed by atoms with Crippen LogP contribution >= 0.6 is 0 Å². The minimum Gasteiger partial charge on any atom is -0.348 e. The first-order valence-corrected chi connectivity index (χ1v) is 13.0. The van der Waals surface area contributed by atoms with Gasteiger partial charge in [0, 0.05) is 36.7 Å². The zero-order valence-corrected chi connectivity index (χ0v) is 19.8. The van der Waals surface area contributed by atoms with Gasteiger partial charge in [-0.15, -0.1) is 0 Å². The van der Waals surface area contributed by atoms with Gasteiger partial charge in [0.15, 0.2) is 22.0 Å². The van der Waals surface area contributed by atoms with Gasteiger partial charge in [-0.1, -0.05) is 19.0 Å². The van der Waals surface area contributed by atoms with Gasteiger partial charge in [-0.25, -0.2) is 17.2 Å². The predicted octanol–water partition coefficient (Wildman–Crippen LogP) is 3.84. The topological polar surface area (TPSA) is 94.8 Å². The lowest BCUT2D eigenvalue weighted by Gasteiger charge is -2.35. The number of ether oxygens (including phenoxy) is 2. The van der Waals surface area contributed by atoms with E-state index >= 15 is 0 Å². The Morgan fingerprint density at radius 1 is 1.09 bits per heavy atom. The van der Waals surface area contributed by atoms with Gasteiger partial charge in [0.25, 0.3) is 0 Å². The molecule has 182 valence electrons. The van der Waals surface area contributed by atoms with Crippen molar-refractivity contribution in [3.8, 4) is 0 Å². The van der Waals surface area contributed by atoms with Gasteiger partial charge in [-0.05, 0) is 37.3 Å². The van der Waals surface area contributed by atoms with Crippen molar-refractivity contribution in [2.45, 2.75) is 50.2 Å². The van der Waals surface area contributed by atoms with Crippen LogP contribution in [0.15, 0.2) is 21.6 Å². The molecule has 0 N–H and O–H groups in total. The molecule has 0 spiro atoms. The fourth-order valence-corrected chi connectivity index (χ4v) is 5.19. The van der Waals surface area contributed by atoms with E-state index in [0.717, 1.165) is 50.7 Å². The number of hydrogen-bond donors (Lipinski definition) is 0. The molecule has 0 radical (unpaired) electrons. The Morgan fingerprint density at radius 3 is 2.21 bits per heavy atom. The summed E-state index contributed by atoms with van der Waals surface area (Å²) in [5.41, 5.74) is 0.129. The van der Waals surface area contributed by atoms with Crippen molar-refractivity contribution in [2.24, 2.45) is 11.8 Å². The van der Waals surface area contributed by atoms with Gasteiger partial charge < -0.3 is 18.9 Å². The highest BCUT2D eigenvalue weighted by atomic mass is 32.2. The quantitative estimate of drug-likeness (QED) is 0.609. The standard InChI is InChI=1S/C22H29F2N3O5S/c1-13(2)20-25-22(32-26-20)27-6-4-14(5-7-27)8-15-11-30-21(31-12-15)16-9-17(23)19(18(24)10-16)33(3,28)29/h9-10,13-15,21H,4-8,11-12H2,1-3H3/t15-,21-. The van der Waals surface area contributed by atoms with E-state index in [2.05, 4.69) is 15.0 Å². The third kappa shape index (κ3) is 5.52. The minimum absolute atomic E-state index is 0.129. The lowest BCUT2D eigenvalue weighted by atomic mass is 9.87. The van der Waals surface area contributed by atoms with E-state index in [4.69, 9.17) is 14.0 Å². The maximum Gasteiger partial charge on any atom is 0.324 e. The molecule has 2 aliphatic heterocycles. The average molecular weight is 486 g/mol. The van der Waals surface area contributed by atoms with E-state index in [1.807, 2.05) is 13.8 Å². The van der Waals surface area contributed by atoms with Crippen LogP contribution in [0.25, 0.3) is 0 Å². The normalized spacial score (nSPS) is 22.8. The van der Waals surface area contributed by atoms with Crippen molar-refractivity contribution in [1.82, 2.24) is 10.1 Å². The molecule has 2 aromatic rings. The molecule has 33 heavy (non-hydrogen) atoms. The van der Waals surface area contributed by atoms with E-state index < -0.39 is 32.7 Å². The summed E-state index contributed by atoms with van der Waals surface area (Å²) in [6, 6.07) is 2.50. The third-order valence-electron chi connectivity index (χ3n) is 6.13. The number of anilines is 1. The van der Waals surface area contributed by atoms with Crippen LogP contribution in [0.4, 0.5) is 14.8 Å². The number of benzene rings is 1. The Morgan fingerprint density at radius 2 is 1.70 bits per heavy atom. The molecule has 8 nitrogen and oxygen atoms in total. The lowest BCUT2D eigenvalue weighted by Crippen LogP contribution is -2.36. The number of piperidine rings is 1. The van der Waals surface area contributed by atoms with Crippen molar-refractivity contribution in [1.29, 1.82) is 0 Å². The molecule has 2 saturated heterocycles. The molecule has 0 amide bonds. The van der Waals surface area contributed by atoms with E-state index in [1.54, 1.807) is 0 Å². The highest BCUT2D eigenvalue weighted by Gasteiger charge is 2.30. The van der Waals surface area contributed by atoms with Gasteiger partial charge >= 0.3 is 6.01 Å². The monoisotopic (exact) mass is 485 g/mol. The molecule has 0 bridgehead atoms. The van der Waals surface area contributed by atoms with Gasteiger partial charge in [-0.3, -0.25) is 0 Å². The minimum atomic E-state index is -4.01. The van der Waals surface area contributed by atoms with Crippen LogP contribution in [-0.4, -0.2) is 51.1 Å². The largest absolute Gasteiger partial charge is 0.348 e. The molecule has 11 heteroatoms. The summed E-state index contributed by atoms with van der Waals surface area (Å²) in [6.07, 6.45) is 2.75. The number of aromatic nitrogens is 2. The Labute approximate surface area is 192 Å². The summed E-state index contributed by atoms with van der Waals surface area (Å²) in [6.45, 7) is 6.54. The molecule has 0 atom stereocenters. The second kappa shape index (κ2) is 9.63. The summed E-state index contributed by atoms with van der Waals surface area (Å²) >= 11 is 0. The Bertz CT molecular complexity index is 1050. The van der Waals surface area contributed by atoms with Gasteiger partial charge in [-0.2, -0.15) is 4.98 Å². The second-order valence-electron chi connectivity index (χ2n) is 9.21. The van der Waals surface area contributed by atoms with Crippen molar-refractivity contribution in [3.05, 3.63) is 35.2 Å². The molecule has 2 aliphatic rings. The van der Waals surface area contributed by atoms with Crippen LogP contribution < -0.4 is 4.90 Å². The van der Waals surface area contributed by atoms with E-state index in [-0.39, 0.29) is 17.4 Å². The summed E-state index contributed by atoms with van der Waals surface area (Å²) in [4.78, 5) is 5.64. The number of hydrogen-bond acceptors (Lipinski definition) is 8. The fraction of sp³-hybridized carbons (Fsp3) is 0.636. The van der Waals surface area contributed by atoms with E-state index in [9.17, 15) is 17.2 Å². The van der Waals surface area contributed by atoms with Crippen LogP contribution in [0.1, 0.15) is 56.7 Å². The van der Waals surface area contributed by atoms with Gasteiger partial charge in [0.05, 0.1) is 13.2 Å². The number of sulfone groups is 1. The van der Waals surface area contributed by atoms with Crippen LogP contribution in [0.5, 0.6) is 0 Å². The molecule has 1 aromatic carbocycles. The summed E-state index contributed by atoms with van der Waals surface area (Å²) < 4.78 is 68.3. The first-order chi connectivity index (χ1) is 15.6. The van der Waals surface area contributed by atoms with Crippen molar-refractivity contribution in [2.75, 3.05) is 37.5 Å². The second-order valence-corrected chi connectivity index (χ2v) is 11.2. The summed E-state index contributed by atoms with van der Waals surface area (Å²) in [5.74, 6) is -0.666. The maximum atomic E-state index is 14.2. The van der Waals surface area contributed by atoms with Gasteiger partial charge in [0.2, 0.25) is 0 Å². The van der Waals surface area contributed by atoms with Gasteiger partial charge in [0.1, 0.15) is 16.5 Å². The Balaban J connectivity index is 1.27. The molecule has 3 heterocycles. The van der Waals surface area contributed by atoms with Crippen LogP contribution in [0.2, 0.25) is 0 Å². The van der Waals surface area contributed by atoms with E-state index in [1.165, 1.54) is 0 Å². The summed E-state index contributed by atoms with van der Waals surface area (Å²) in [7, 11) is -4.01. The van der Waals surface area contributed by atoms with Crippen LogP contribution in [-0.2, 0) is 19.3 Å². The van der Waals surface area contributed by atoms with Crippen LogP contribution in [0, 0.1) is 23.5 Å². The lowest BCUT2D eigenvalue weighted by molar-refractivity contribution is -0.207. The van der Waals surface area contributed by atoms with Crippen molar-refractivity contribution in [3.63, 3.8) is 0 Å². The van der Waals surface area contributed by atoms with E-state index in [0.29, 0.717) is 31.0 Å². The zero-order chi connectivity index (χ0) is 23.8. The predicted molar refractivity (Wildman–Crippen MR) is 116 cm³/mol.